The van der Waals surface area contributed by atoms with Gasteiger partial charge in [-0.1, -0.05) is 0 Å². The van der Waals surface area contributed by atoms with Gasteiger partial charge in [0.05, 0.1) is 11.0 Å². The van der Waals surface area contributed by atoms with E-state index in [0.29, 0.717) is 5.95 Å². The maximum atomic E-state index is 12.3. The van der Waals surface area contributed by atoms with Gasteiger partial charge in [0, 0.05) is 16.7 Å². The minimum absolute atomic E-state index is 0.134. The van der Waals surface area contributed by atoms with Crippen LogP contribution in [0.15, 0.2) is 18.2 Å². The van der Waals surface area contributed by atoms with E-state index >= 15 is 0 Å². The standard InChI is InChI=1S/C14H17IN4O/c15-10-4-5-12-11(8-10)17-14(16)19(12)9-13(20)18-6-2-1-3-7-18/h4-5,8H,1-3,6-7,9H2,(H2,16,17). The molecule has 0 atom stereocenters. The van der Waals surface area contributed by atoms with Gasteiger partial charge in [0.25, 0.3) is 0 Å². The molecule has 2 heterocycles. The highest BCUT2D eigenvalue weighted by Crippen LogP contribution is 2.21. The van der Waals surface area contributed by atoms with Crippen molar-refractivity contribution in [2.45, 2.75) is 25.8 Å². The number of benzene rings is 1. The lowest BCUT2D eigenvalue weighted by Crippen LogP contribution is -2.37. The Morgan fingerprint density at radius 2 is 2.05 bits per heavy atom. The number of likely N-dealkylation sites (tertiary alicyclic amines) is 1. The topological polar surface area (TPSA) is 64.1 Å². The van der Waals surface area contributed by atoms with Gasteiger partial charge in [0.15, 0.2) is 0 Å². The lowest BCUT2D eigenvalue weighted by molar-refractivity contribution is -0.132. The zero-order valence-electron chi connectivity index (χ0n) is 11.2. The van der Waals surface area contributed by atoms with Gasteiger partial charge in [-0.05, 0) is 60.1 Å². The lowest BCUT2D eigenvalue weighted by Gasteiger charge is -2.27. The fraction of sp³-hybridized carbons (Fsp3) is 0.429. The molecule has 0 saturated carbocycles. The van der Waals surface area contributed by atoms with Gasteiger partial charge in [-0.25, -0.2) is 4.98 Å². The van der Waals surface area contributed by atoms with E-state index < -0.39 is 0 Å². The van der Waals surface area contributed by atoms with Gasteiger partial charge in [0.2, 0.25) is 11.9 Å². The fourth-order valence-corrected chi connectivity index (χ4v) is 3.14. The summed E-state index contributed by atoms with van der Waals surface area (Å²) in [7, 11) is 0. The molecule has 1 aromatic carbocycles. The van der Waals surface area contributed by atoms with Crippen molar-refractivity contribution in [3.8, 4) is 0 Å². The highest BCUT2D eigenvalue weighted by atomic mass is 127. The molecular formula is C14H17IN4O. The maximum Gasteiger partial charge on any atom is 0.242 e. The van der Waals surface area contributed by atoms with Gasteiger partial charge in [0.1, 0.15) is 6.54 Å². The summed E-state index contributed by atoms with van der Waals surface area (Å²) in [6.07, 6.45) is 3.42. The zero-order valence-corrected chi connectivity index (χ0v) is 13.3. The predicted octanol–water partition coefficient (Wildman–Crippen LogP) is 2.24. The Hall–Kier alpha value is -1.31. The molecule has 0 unspecified atom stereocenters. The number of fused-ring (bicyclic) bond motifs is 1. The smallest absolute Gasteiger partial charge is 0.242 e. The van der Waals surface area contributed by atoms with Crippen molar-refractivity contribution in [3.05, 3.63) is 21.8 Å². The largest absolute Gasteiger partial charge is 0.369 e. The van der Waals surface area contributed by atoms with Crippen molar-refractivity contribution in [2.24, 2.45) is 0 Å². The molecule has 1 saturated heterocycles. The van der Waals surface area contributed by atoms with Crippen LogP contribution in [0.1, 0.15) is 19.3 Å². The molecular weight excluding hydrogens is 367 g/mol. The third-order valence-electron chi connectivity index (χ3n) is 3.74. The number of piperidine rings is 1. The van der Waals surface area contributed by atoms with Gasteiger partial charge in [-0.15, -0.1) is 0 Å². The normalized spacial score (nSPS) is 15.8. The van der Waals surface area contributed by atoms with Gasteiger partial charge < -0.3 is 15.2 Å². The summed E-state index contributed by atoms with van der Waals surface area (Å²) in [5.74, 6) is 0.543. The number of carbonyl (C=O) groups excluding carboxylic acids is 1. The molecule has 6 heteroatoms. The summed E-state index contributed by atoms with van der Waals surface area (Å²) in [5, 5.41) is 0. The number of nitrogens with two attached hydrogens (primary N) is 1. The number of anilines is 1. The molecule has 1 fully saturated rings. The summed E-state index contributed by atoms with van der Waals surface area (Å²) in [6.45, 7) is 2.01. The Bertz CT molecular complexity index is 646. The summed E-state index contributed by atoms with van der Waals surface area (Å²) >= 11 is 2.24. The first kappa shape index (κ1) is 13.7. The van der Waals surface area contributed by atoms with Crippen LogP contribution in [0.3, 0.4) is 0 Å². The zero-order chi connectivity index (χ0) is 14.1. The first-order chi connectivity index (χ1) is 9.65. The fourth-order valence-electron chi connectivity index (χ4n) is 2.67. The van der Waals surface area contributed by atoms with E-state index in [1.54, 1.807) is 0 Å². The SMILES string of the molecule is Nc1nc2cc(I)ccc2n1CC(=O)N1CCCCC1. The molecule has 0 aliphatic carbocycles. The van der Waals surface area contributed by atoms with Gasteiger partial charge in [-0.3, -0.25) is 4.79 Å². The van der Waals surface area contributed by atoms with Crippen molar-refractivity contribution in [1.82, 2.24) is 14.5 Å². The van der Waals surface area contributed by atoms with Crippen LogP contribution in [-0.4, -0.2) is 33.4 Å². The number of halogens is 1. The number of carbonyl (C=O) groups is 1. The number of rotatable bonds is 2. The van der Waals surface area contributed by atoms with E-state index in [2.05, 4.69) is 27.6 Å². The number of hydrogen-bond acceptors (Lipinski definition) is 3. The first-order valence-corrected chi connectivity index (χ1v) is 7.92. The molecule has 1 aromatic heterocycles. The second-order valence-electron chi connectivity index (χ2n) is 5.13. The van der Waals surface area contributed by atoms with Crippen LogP contribution in [0.2, 0.25) is 0 Å². The molecule has 0 spiro atoms. The number of imidazole rings is 1. The molecule has 3 rings (SSSR count). The second-order valence-corrected chi connectivity index (χ2v) is 6.38. The van der Waals surface area contributed by atoms with Crippen molar-refractivity contribution >= 4 is 45.5 Å². The Balaban J connectivity index is 1.86. The molecule has 1 aliphatic heterocycles. The van der Waals surface area contributed by atoms with E-state index in [4.69, 9.17) is 5.73 Å². The molecule has 2 aromatic rings. The number of hydrogen-bond donors (Lipinski definition) is 1. The number of nitrogen functional groups attached to an aromatic ring is 1. The number of amides is 1. The van der Waals surface area contributed by atoms with E-state index in [0.717, 1.165) is 40.5 Å². The highest BCUT2D eigenvalue weighted by molar-refractivity contribution is 14.1. The average molecular weight is 384 g/mol. The van der Waals surface area contributed by atoms with Crippen molar-refractivity contribution in [3.63, 3.8) is 0 Å². The van der Waals surface area contributed by atoms with E-state index in [1.807, 2.05) is 27.7 Å². The third-order valence-corrected chi connectivity index (χ3v) is 4.41. The minimum atomic E-state index is 0.134. The minimum Gasteiger partial charge on any atom is -0.369 e. The van der Waals surface area contributed by atoms with Crippen LogP contribution in [0.5, 0.6) is 0 Å². The molecule has 2 N–H and O–H groups in total. The molecule has 106 valence electrons. The van der Waals surface area contributed by atoms with Crippen molar-refractivity contribution < 1.29 is 4.79 Å². The van der Waals surface area contributed by atoms with E-state index in [-0.39, 0.29) is 12.5 Å². The van der Waals surface area contributed by atoms with Crippen LogP contribution in [0.4, 0.5) is 5.95 Å². The van der Waals surface area contributed by atoms with Crippen LogP contribution < -0.4 is 5.73 Å². The summed E-state index contributed by atoms with van der Waals surface area (Å²) in [5.41, 5.74) is 7.73. The molecule has 1 aliphatic rings. The third kappa shape index (κ3) is 2.61. The van der Waals surface area contributed by atoms with Gasteiger partial charge in [-0.2, -0.15) is 0 Å². The number of aromatic nitrogens is 2. The second kappa shape index (κ2) is 5.59. The molecule has 0 radical (unpaired) electrons. The molecule has 5 nitrogen and oxygen atoms in total. The molecule has 0 bridgehead atoms. The number of nitrogens with zero attached hydrogens (tertiary/aromatic N) is 3. The van der Waals surface area contributed by atoms with Crippen molar-refractivity contribution in [2.75, 3.05) is 18.8 Å². The van der Waals surface area contributed by atoms with Gasteiger partial charge >= 0.3 is 0 Å². The predicted molar refractivity (Wildman–Crippen MR) is 87.3 cm³/mol. The summed E-state index contributed by atoms with van der Waals surface area (Å²) in [4.78, 5) is 18.6. The summed E-state index contributed by atoms with van der Waals surface area (Å²) < 4.78 is 2.92. The van der Waals surface area contributed by atoms with Crippen LogP contribution in [-0.2, 0) is 11.3 Å². The Labute approximate surface area is 131 Å². The van der Waals surface area contributed by atoms with Crippen LogP contribution in [0.25, 0.3) is 11.0 Å². The highest BCUT2D eigenvalue weighted by Gasteiger charge is 2.19. The van der Waals surface area contributed by atoms with E-state index in [1.165, 1.54) is 6.42 Å². The van der Waals surface area contributed by atoms with Crippen LogP contribution >= 0.6 is 22.6 Å². The van der Waals surface area contributed by atoms with Crippen LogP contribution in [0, 0.1) is 3.57 Å². The summed E-state index contributed by atoms with van der Waals surface area (Å²) in [6, 6.07) is 5.96. The maximum absolute atomic E-state index is 12.3. The molecule has 1 amide bonds. The quantitative estimate of drug-likeness (QED) is 0.808. The monoisotopic (exact) mass is 384 g/mol. The molecule has 20 heavy (non-hydrogen) atoms. The Kier molecular flexibility index (Phi) is 3.82. The Morgan fingerprint density at radius 3 is 2.80 bits per heavy atom. The lowest BCUT2D eigenvalue weighted by atomic mass is 10.1. The average Bonchev–Trinajstić information content (AvgIpc) is 2.75. The van der Waals surface area contributed by atoms with E-state index in [9.17, 15) is 4.79 Å². The Morgan fingerprint density at radius 1 is 1.30 bits per heavy atom. The van der Waals surface area contributed by atoms with Crippen molar-refractivity contribution in [1.29, 1.82) is 0 Å². The first-order valence-electron chi connectivity index (χ1n) is 6.84.